The van der Waals surface area contributed by atoms with Crippen LogP contribution in [0.1, 0.15) is 104 Å². The standard InChI is InChI=1S/C23H46N2O2/c1-3-4-5-6-7-8-9-10-11-12-13-14-15-16-17-18-23(27)25-19-21(2)22(24)20-26/h10-11,21-22,26H,3-9,12-20,24H2,1-2H3,(H,25,27)/b11-10-/t21?,22-/m1/s1. The van der Waals surface area contributed by atoms with E-state index >= 15 is 0 Å². The van der Waals surface area contributed by atoms with E-state index in [9.17, 15) is 4.79 Å². The monoisotopic (exact) mass is 382 g/mol. The molecule has 0 aliphatic rings. The van der Waals surface area contributed by atoms with E-state index in [1.165, 1.54) is 70.6 Å². The minimum absolute atomic E-state index is 0.0364. The predicted octanol–water partition coefficient (Wildman–Crippen LogP) is 5.10. The maximum Gasteiger partial charge on any atom is 0.220 e. The van der Waals surface area contributed by atoms with Crippen molar-refractivity contribution in [1.29, 1.82) is 0 Å². The SMILES string of the molecule is CCCCCCCC/C=C\CCCCCCCC(=O)NCC(C)[C@H](N)CO. The molecule has 0 radical (unpaired) electrons. The number of hydrogen-bond donors (Lipinski definition) is 3. The van der Waals surface area contributed by atoms with Crippen molar-refractivity contribution >= 4 is 5.91 Å². The van der Waals surface area contributed by atoms with Crippen LogP contribution in [0.25, 0.3) is 0 Å². The smallest absolute Gasteiger partial charge is 0.220 e. The van der Waals surface area contributed by atoms with E-state index in [0.717, 1.165) is 12.8 Å². The Morgan fingerprint density at radius 1 is 0.926 bits per heavy atom. The number of rotatable bonds is 19. The molecule has 1 unspecified atom stereocenters. The van der Waals surface area contributed by atoms with E-state index in [0.29, 0.717) is 13.0 Å². The van der Waals surface area contributed by atoms with Crippen molar-refractivity contribution in [3.8, 4) is 0 Å². The number of aliphatic hydroxyl groups excluding tert-OH is 1. The van der Waals surface area contributed by atoms with Crippen LogP contribution in [0.15, 0.2) is 12.2 Å². The molecule has 0 fully saturated rings. The summed E-state index contributed by atoms with van der Waals surface area (Å²) < 4.78 is 0. The van der Waals surface area contributed by atoms with Crippen molar-refractivity contribution in [2.45, 2.75) is 110 Å². The molecule has 1 amide bonds. The van der Waals surface area contributed by atoms with Gasteiger partial charge in [0.25, 0.3) is 0 Å². The Morgan fingerprint density at radius 2 is 1.44 bits per heavy atom. The fraction of sp³-hybridized carbons (Fsp3) is 0.870. The Bertz CT molecular complexity index is 358. The zero-order chi connectivity index (χ0) is 20.2. The fourth-order valence-corrected chi connectivity index (χ4v) is 3.05. The molecular formula is C23H46N2O2. The average Bonchev–Trinajstić information content (AvgIpc) is 2.68. The second-order valence-electron chi connectivity index (χ2n) is 7.96. The third-order valence-electron chi connectivity index (χ3n) is 5.23. The Balaban J connectivity index is 3.32. The lowest BCUT2D eigenvalue weighted by Crippen LogP contribution is -2.39. The molecule has 160 valence electrons. The van der Waals surface area contributed by atoms with Crippen LogP contribution in [0.5, 0.6) is 0 Å². The number of carbonyl (C=O) groups excluding carboxylic acids is 1. The van der Waals surface area contributed by atoms with Crippen LogP contribution in [0.4, 0.5) is 0 Å². The molecule has 4 nitrogen and oxygen atoms in total. The molecule has 0 aromatic heterocycles. The van der Waals surface area contributed by atoms with Crippen LogP contribution < -0.4 is 11.1 Å². The van der Waals surface area contributed by atoms with E-state index in [1.54, 1.807) is 0 Å². The zero-order valence-electron chi connectivity index (χ0n) is 18.1. The highest BCUT2D eigenvalue weighted by Gasteiger charge is 2.12. The minimum Gasteiger partial charge on any atom is -0.395 e. The molecule has 0 aromatic carbocycles. The largest absolute Gasteiger partial charge is 0.395 e. The van der Waals surface area contributed by atoms with E-state index in [-0.39, 0.29) is 24.5 Å². The van der Waals surface area contributed by atoms with Gasteiger partial charge in [0.2, 0.25) is 5.91 Å². The number of nitrogens with two attached hydrogens (primary N) is 1. The number of carbonyl (C=O) groups is 1. The van der Waals surface area contributed by atoms with Crippen LogP contribution in [0.2, 0.25) is 0 Å². The van der Waals surface area contributed by atoms with Crippen LogP contribution >= 0.6 is 0 Å². The van der Waals surface area contributed by atoms with Crippen molar-refractivity contribution in [2.75, 3.05) is 13.2 Å². The Morgan fingerprint density at radius 3 is 2.00 bits per heavy atom. The third kappa shape index (κ3) is 18.3. The highest BCUT2D eigenvalue weighted by Crippen LogP contribution is 2.10. The van der Waals surface area contributed by atoms with Gasteiger partial charge in [0.1, 0.15) is 0 Å². The summed E-state index contributed by atoms with van der Waals surface area (Å²) in [4.78, 5) is 11.8. The van der Waals surface area contributed by atoms with Gasteiger partial charge >= 0.3 is 0 Å². The zero-order valence-corrected chi connectivity index (χ0v) is 18.1. The number of amides is 1. The van der Waals surface area contributed by atoms with Crippen LogP contribution in [-0.4, -0.2) is 30.2 Å². The molecule has 4 N–H and O–H groups in total. The van der Waals surface area contributed by atoms with Crippen molar-refractivity contribution < 1.29 is 9.90 Å². The van der Waals surface area contributed by atoms with Gasteiger partial charge in [-0.05, 0) is 38.0 Å². The summed E-state index contributed by atoms with van der Waals surface area (Å²) in [6, 6.07) is -0.259. The summed E-state index contributed by atoms with van der Waals surface area (Å²) in [5.74, 6) is 0.206. The Hall–Kier alpha value is -0.870. The minimum atomic E-state index is -0.259. The summed E-state index contributed by atoms with van der Waals surface area (Å²) in [6.07, 6.45) is 21.8. The molecule has 0 aromatic rings. The lowest BCUT2D eigenvalue weighted by Gasteiger charge is -2.17. The van der Waals surface area contributed by atoms with Crippen LogP contribution in [0, 0.1) is 5.92 Å². The number of allylic oxidation sites excluding steroid dienone is 2. The molecule has 0 bridgehead atoms. The van der Waals surface area contributed by atoms with Crippen LogP contribution in [-0.2, 0) is 4.79 Å². The van der Waals surface area contributed by atoms with Gasteiger partial charge in [-0.2, -0.15) is 0 Å². The maximum atomic E-state index is 11.8. The molecular weight excluding hydrogens is 336 g/mol. The number of aliphatic hydroxyl groups is 1. The second kappa shape index (κ2) is 19.9. The number of nitrogens with one attached hydrogen (secondary N) is 1. The van der Waals surface area contributed by atoms with E-state index in [2.05, 4.69) is 24.4 Å². The summed E-state index contributed by atoms with van der Waals surface area (Å²) in [7, 11) is 0. The fourth-order valence-electron chi connectivity index (χ4n) is 3.05. The Labute approximate surface area is 168 Å². The molecule has 0 rings (SSSR count). The van der Waals surface area contributed by atoms with Gasteiger partial charge < -0.3 is 16.2 Å². The van der Waals surface area contributed by atoms with Gasteiger partial charge in [-0.15, -0.1) is 0 Å². The van der Waals surface area contributed by atoms with E-state index in [4.69, 9.17) is 10.8 Å². The summed E-state index contributed by atoms with van der Waals surface area (Å²) >= 11 is 0. The van der Waals surface area contributed by atoms with Crippen molar-refractivity contribution in [3.05, 3.63) is 12.2 Å². The normalized spacial score (nSPS) is 13.8. The Kier molecular flexibility index (Phi) is 19.2. The summed E-state index contributed by atoms with van der Waals surface area (Å²) in [5, 5.41) is 11.9. The second-order valence-corrected chi connectivity index (χ2v) is 7.96. The topological polar surface area (TPSA) is 75.4 Å². The molecule has 2 atom stereocenters. The van der Waals surface area contributed by atoms with Gasteiger partial charge in [-0.1, -0.05) is 77.4 Å². The number of hydrogen-bond acceptors (Lipinski definition) is 3. The molecule has 0 saturated carbocycles. The third-order valence-corrected chi connectivity index (χ3v) is 5.23. The quantitative estimate of drug-likeness (QED) is 0.215. The first-order chi connectivity index (χ1) is 13.1. The van der Waals surface area contributed by atoms with Gasteiger partial charge in [0, 0.05) is 19.0 Å². The molecule has 0 spiro atoms. The van der Waals surface area contributed by atoms with Crippen LogP contribution in [0.3, 0.4) is 0 Å². The molecule has 4 heteroatoms. The maximum absolute atomic E-state index is 11.8. The lowest BCUT2D eigenvalue weighted by atomic mass is 10.0. The molecule has 0 heterocycles. The van der Waals surface area contributed by atoms with Crippen molar-refractivity contribution in [1.82, 2.24) is 5.32 Å². The summed E-state index contributed by atoms with van der Waals surface area (Å²) in [6.45, 7) is 4.72. The predicted molar refractivity (Wildman–Crippen MR) is 117 cm³/mol. The highest BCUT2D eigenvalue weighted by molar-refractivity contribution is 5.75. The first-order valence-electron chi connectivity index (χ1n) is 11.4. The highest BCUT2D eigenvalue weighted by atomic mass is 16.3. The lowest BCUT2D eigenvalue weighted by molar-refractivity contribution is -0.121. The van der Waals surface area contributed by atoms with Crippen molar-refractivity contribution in [2.24, 2.45) is 11.7 Å². The van der Waals surface area contributed by atoms with Gasteiger partial charge in [0.05, 0.1) is 6.61 Å². The summed E-state index contributed by atoms with van der Waals surface area (Å²) in [5.41, 5.74) is 5.73. The van der Waals surface area contributed by atoms with Crippen molar-refractivity contribution in [3.63, 3.8) is 0 Å². The molecule has 0 aliphatic carbocycles. The van der Waals surface area contributed by atoms with E-state index in [1.807, 2.05) is 6.92 Å². The molecule has 0 aliphatic heterocycles. The molecule has 27 heavy (non-hydrogen) atoms. The first kappa shape index (κ1) is 26.1. The molecule has 0 saturated heterocycles. The number of unbranched alkanes of at least 4 members (excludes halogenated alkanes) is 11. The van der Waals surface area contributed by atoms with Gasteiger partial charge in [-0.3, -0.25) is 4.79 Å². The van der Waals surface area contributed by atoms with E-state index < -0.39 is 0 Å². The first-order valence-corrected chi connectivity index (χ1v) is 11.4. The average molecular weight is 383 g/mol. The van der Waals surface area contributed by atoms with Gasteiger partial charge in [-0.25, -0.2) is 0 Å². The van der Waals surface area contributed by atoms with Gasteiger partial charge in [0.15, 0.2) is 0 Å².